The van der Waals surface area contributed by atoms with Gasteiger partial charge in [-0.1, -0.05) is 19.1 Å². The molecule has 2 fully saturated rings. The molecule has 14 heteroatoms. The Morgan fingerprint density at radius 2 is 1.42 bits per heavy atom. The second-order valence-corrected chi connectivity index (χ2v) is 11.7. The van der Waals surface area contributed by atoms with Gasteiger partial charge in [0.15, 0.2) is 0 Å². The highest BCUT2D eigenvalue weighted by Crippen LogP contribution is 2.39. The molecule has 1 aliphatic carbocycles. The lowest BCUT2D eigenvalue weighted by Crippen LogP contribution is -2.48. The summed E-state index contributed by atoms with van der Waals surface area (Å²) in [6, 6.07) is 4.82. The van der Waals surface area contributed by atoms with Crippen molar-refractivity contribution in [1.82, 2.24) is 15.1 Å². The zero-order valence-electron chi connectivity index (χ0n) is 25.0. The van der Waals surface area contributed by atoms with E-state index in [9.17, 15) is 45.1 Å². The molecule has 1 saturated carbocycles. The minimum absolute atomic E-state index is 0.0121. The lowest BCUT2D eigenvalue weighted by Gasteiger charge is -2.33. The maximum atomic E-state index is 13.7. The van der Waals surface area contributed by atoms with E-state index in [1.165, 1.54) is 36.2 Å². The van der Waals surface area contributed by atoms with Crippen molar-refractivity contribution in [1.29, 1.82) is 0 Å². The predicted molar refractivity (Wildman–Crippen MR) is 152 cm³/mol. The molecular weight excluding hydrogens is 609 g/mol. The Balaban J connectivity index is 1.57. The van der Waals surface area contributed by atoms with Crippen LogP contribution in [-0.2, 0) is 21.9 Å². The third-order valence-corrected chi connectivity index (χ3v) is 8.71. The molecule has 7 nitrogen and oxygen atoms in total. The quantitative estimate of drug-likeness (QED) is 0.369. The maximum Gasteiger partial charge on any atom is 0.416 e. The van der Waals surface area contributed by atoms with Gasteiger partial charge >= 0.3 is 18.4 Å². The van der Waals surface area contributed by atoms with Crippen LogP contribution in [0, 0.1) is 11.7 Å². The molecule has 0 radical (unpaired) electrons. The second kappa shape index (κ2) is 13.3. The Morgan fingerprint density at radius 1 is 0.867 bits per heavy atom. The molecule has 2 aromatic rings. The first-order chi connectivity index (χ1) is 21.0. The van der Waals surface area contributed by atoms with Crippen molar-refractivity contribution in [3.8, 4) is 0 Å². The number of rotatable bonds is 6. The average molecular weight is 645 g/mol. The largest absolute Gasteiger partial charge is 0.416 e. The van der Waals surface area contributed by atoms with Crippen molar-refractivity contribution in [2.45, 2.75) is 69.4 Å². The van der Waals surface area contributed by atoms with E-state index < -0.39 is 53.0 Å². The van der Waals surface area contributed by atoms with Gasteiger partial charge in [0, 0.05) is 57.2 Å². The second-order valence-electron chi connectivity index (χ2n) is 11.7. The molecule has 246 valence electrons. The van der Waals surface area contributed by atoms with E-state index in [0.717, 1.165) is 7.05 Å². The number of benzene rings is 2. The zero-order valence-corrected chi connectivity index (χ0v) is 25.0. The number of amides is 4. The third-order valence-electron chi connectivity index (χ3n) is 8.71. The van der Waals surface area contributed by atoms with Gasteiger partial charge in [0.25, 0.3) is 0 Å². The van der Waals surface area contributed by atoms with E-state index in [2.05, 4.69) is 5.32 Å². The van der Waals surface area contributed by atoms with Crippen molar-refractivity contribution in [2.75, 3.05) is 32.1 Å². The van der Waals surface area contributed by atoms with Crippen LogP contribution in [0.25, 0.3) is 0 Å². The van der Waals surface area contributed by atoms with Crippen LogP contribution in [0.1, 0.15) is 61.6 Å². The van der Waals surface area contributed by atoms with Gasteiger partial charge in [0.2, 0.25) is 11.8 Å². The number of likely N-dealkylation sites (N-methyl/N-ethyl adjacent to an activating group) is 1. The van der Waals surface area contributed by atoms with E-state index in [1.807, 2.05) is 0 Å². The third kappa shape index (κ3) is 7.88. The number of hydrogen-bond acceptors (Lipinski definition) is 3. The minimum atomic E-state index is -5.09. The number of halogens is 7. The van der Waals surface area contributed by atoms with Crippen molar-refractivity contribution >= 4 is 23.5 Å². The number of alkyl halides is 6. The Hall–Kier alpha value is -3.84. The van der Waals surface area contributed by atoms with Crippen LogP contribution in [-0.4, -0.2) is 66.9 Å². The highest BCUT2D eigenvalue weighted by Gasteiger charge is 2.43. The van der Waals surface area contributed by atoms with Gasteiger partial charge in [-0.25, -0.2) is 9.18 Å². The first kappa shape index (κ1) is 34.0. The fraction of sp³-hybridized carbons (Fsp3) is 0.516. The monoisotopic (exact) mass is 644 g/mol. The van der Waals surface area contributed by atoms with Crippen LogP contribution in [0.15, 0.2) is 42.5 Å². The Morgan fingerprint density at radius 3 is 1.93 bits per heavy atom. The first-order valence-corrected chi connectivity index (χ1v) is 14.6. The van der Waals surface area contributed by atoms with Gasteiger partial charge in [-0.05, 0) is 61.6 Å². The summed E-state index contributed by atoms with van der Waals surface area (Å²) in [5.41, 5.74) is -3.10. The standard InChI is InChI=1S/C31H35F7N4O3/c1-4-27(43)39-23-11-7-19(8-12-23)28(44)42-16-25(18-5-9-22(32)10-6-18)26(17-42)41(3)29(45)40(2)24-14-20(30(33,34)35)13-21(15-24)31(36,37)38/h5-6,9-10,13-15,19,23,25-26H,4,7-8,11-12,16-17H2,1-3H3,(H,39,43)/t19-,23-,25-,26+/m0/s1. The van der Waals surface area contributed by atoms with E-state index in [1.54, 1.807) is 11.8 Å². The van der Waals surface area contributed by atoms with Crippen molar-refractivity contribution in [3.63, 3.8) is 0 Å². The smallest absolute Gasteiger partial charge is 0.353 e. The fourth-order valence-corrected chi connectivity index (χ4v) is 6.09. The molecule has 2 aromatic carbocycles. The molecule has 2 aliphatic rings. The van der Waals surface area contributed by atoms with E-state index in [0.29, 0.717) is 54.7 Å². The summed E-state index contributed by atoms with van der Waals surface area (Å²) in [5.74, 6) is -1.54. The lowest BCUT2D eigenvalue weighted by molar-refractivity contribution is -0.143. The molecule has 4 amide bonds. The predicted octanol–water partition coefficient (Wildman–Crippen LogP) is 6.43. The van der Waals surface area contributed by atoms with Crippen LogP contribution >= 0.6 is 0 Å². The molecule has 1 heterocycles. The van der Waals surface area contributed by atoms with Crippen molar-refractivity contribution in [2.24, 2.45) is 5.92 Å². The summed E-state index contributed by atoms with van der Waals surface area (Å²) in [4.78, 5) is 42.5. The lowest BCUT2D eigenvalue weighted by atomic mass is 9.85. The van der Waals surface area contributed by atoms with E-state index in [-0.39, 0.29) is 42.9 Å². The normalized spacial score (nSPS) is 22.2. The van der Waals surface area contributed by atoms with Crippen LogP contribution < -0.4 is 10.2 Å². The highest BCUT2D eigenvalue weighted by molar-refractivity contribution is 5.92. The summed E-state index contributed by atoms with van der Waals surface area (Å²) >= 11 is 0. The fourth-order valence-electron chi connectivity index (χ4n) is 6.09. The molecule has 1 saturated heterocycles. The number of nitrogens with one attached hydrogen (secondary N) is 1. The Kier molecular flexibility index (Phi) is 10.0. The summed E-state index contributed by atoms with van der Waals surface area (Å²) in [6.45, 7) is 1.98. The summed E-state index contributed by atoms with van der Waals surface area (Å²) in [7, 11) is 2.45. The molecule has 0 bridgehead atoms. The number of likely N-dealkylation sites (tertiary alicyclic amines) is 1. The molecule has 2 atom stereocenters. The molecule has 0 unspecified atom stereocenters. The summed E-state index contributed by atoms with van der Waals surface area (Å²) in [6.07, 6.45) is -7.48. The van der Waals surface area contributed by atoms with Crippen LogP contribution in [0.4, 0.5) is 41.2 Å². The number of anilines is 1. The number of urea groups is 1. The number of carbonyl (C=O) groups is 3. The van der Waals surface area contributed by atoms with Crippen LogP contribution in [0.2, 0.25) is 0 Å². The first-order valence-electron chi connectivity index (χ1n) is 14.6. The minimum Gasteiger partial charge on any atom is -0.353 e. The number of carbonyl (C=O) groups excluding carboxylic acids is 3. The topological polar surface area (TPSA) is 73.0 Å². The van der Waals surface area contributed by atoms with Gasteiger partial charge < -0.3 is 15.1 Å². The molecular formula is C31H35F7N4O3. The van der Waals surface area contributed by atoms with Crippen LogP contribution in [0.5, 0.6) is 0 Å². The number of nitrogens with zero attached hydrogens (tertiary/aromatic N) is 3. The van der Waals surface area contributed by atoms with Crippen molar-refractivity contribution in [3.05, 3.63) is 65.0 Å². The number of hydrogen-bond donors (Lipinski definition) is 1. The zero-order chi connectivity index (χ0) is 33.3. The van der Waals surface area contributed by atoms with E-state index in [4.69, 9.17) is 0 Å². The molecule has 0 spiro atoms. The van der Waals surface area contributed by atoms with Gasteiger partial charge in [-0.15, -0.1) is 0 Å². The Bertz CT molecular complexity index is 1360. The molecule has 0 aromatic heterocycles. The molecule has 4 rings (SSSR count). The Labute approximate surface area is 256 Å². The van der Waals surface area contributed by atoms with Gasteiger partial charge in [0.1, 0.15) is 5.82 Å². The van der Waals surface area contributed by atoms with Gasteiger partial charge in [0.05, 0.1) is 17.2 Å². The van der Waals surface area contributed by atoms with E-state index >= 15 is 0 Å². The molecule has 1 N–H and O–H groups in total. The summed E-state index contributed by atoms with van der Waals surface area (Å²) in [5, 5.41) is 2.94. The maximum absolute atomic E-state index is 13.7. The van der Waals surface area contributed by atoms with Crippen molar-refractivity contribution < 1.29 is 45.1 Å². The molecule has 1 aliphatic heterocycles. The SMILES string of the molecule is CCC(=O)N[C@H]1CC[C@H](C(=O)N2C[C@@H](N(C)C(=O)N(C)c3cc(C(F)(F)F)cc(C(F)(F)F)c3)[C@H](c3ccc(F)cc3)C2)CC1. The highest BCUT2D eigenvalue weighted by atomic mass is 19.4. The van der Waals surface area contributed by atoms with Gasteiger partial charge in [-0.3, -0.25) is 14.5 Å². The van der Waals surface area contributed by atoms with Crippen LogP contribution in [0.3, 0.4) is 0 Å². The average Bonchev–Trinajstić information content (AvgIpc) is 3.44. The van der Waals surface area contributed by atoms with Gasteiger partial charge in [-0.2, -0.15) is 26.3 Å². The summed E-state index contributed by atoms with van der Waals surface area (Å²) < 4.78 is 94.6. The molecule has 45 heavy (non-hydrogen) atoms.